The van der Waals surface area contributed by atoms with E-state index in [9.17, 15) is 13.2 Å². The third-order valence-electron chi connectivity index (χ3n) is 7.03. The van der Waals surface area contributed by atoms with E-state index in [0.29, 0.717) is 44.3 Å². The molecule has 0 unspecified atom stereocenters. The second-order valence-corrected chi connectivity index (χ2v) is 11.0. The molecule has 2 aromatic rings. The molecule has 182 valence electrons. The molecule has 0 saturated carbocycles. The van der Waals surface area contributed by atoms with Crippen LogP contribution in [0.25, 0.3) is 0 Å². The standard InChI is InChI=1S/C25H31N3O5S/c1-19(28-11-5-8-22(28)20-9-10-23-24(18-20)33-17-16-32-23)25(29)26-12-14-27(15-13-26)34(30,31)21-6-3-2-4-7-21/h2-4,6-7,9-10,18-19,22H,5,8,11-17H2,1H3/t19-,22-/m1/s1. The second kappa shape index (κ2) is 9.56. The average Bonchev–Trinajstić information content (AvgIpc) is 3.38. The zero-order valence-electron chi connectivity index (χ0n) is 19.4. The highest BCUT2D eigenvalue weighted by molar-refractivity contribution is 7.89. The van der Waals surface area contributed by atoms with Crippen molar-refractivity contribution in [3.05, 3.63) is 54.1 Å². The average molecular weight is 486 g/mol. The van der Waals surface area contributed by atoms with Crippen molar-refractivity contribution < 1.29 is 22.7 Å². The van der Waals surface area contributed by atoms with Gasteiger partial charge in [-0.2, -0.15) is 4.31 Å². The summed E-state index contributed by atoms with van der Waals surface area (Å²) in [5.41, 5.74) is 1.14. The molecule has 9 heteroatoms. The van der Waals surface area contributed by atoms with Gasteiger partial charge in [-0.1, -0.05) is 24.3 Å². The Bertz CT molecular complexity index is 1130. The highest BCUT2D eigenvalue weighted by Gasteiger charge is 2.37. The van der Waals surface area contributed by atoms with Gasteiger partial charge in [0.05, 0.1) is 10.9 Å². The molecule has 2 saturated heterocycles. The lowest BCUT2D eigenvalue weighted by molar-refractivity contribution is -0.138. The van der Waals surface area contributed by atoms with Gasteiger partial charge in [0.25, 0.3) is 0 Å². The molecule has 0 spiro atoms. The first-order valence-electron chi connectivity index (χ1n) is 11.9. The number of hydrogen-bond donors (Lipinski definition) is 0. The van der Waals surface area contributed by atoms with Crippen LogP contribution in [0.1, 0.15) is 31.4 Å². The summed E-state index contributed by atoms with van der Waals surface area (Å²) in [6.07, 6.45) is 2.01. The lowest BCUT2D eigenvalue weighted by Crippen LogP contribution is -2.55. The number of likely N-dealkylation sites (tertiary alicyclic amines) is 1. The number of carbonyl (C=O) groups excluding carboxylic acids is 1. The molecule has 8 nitrogen and oxygen atoms in total. The number of ether oxygens (including phenoxy) is 2. The molecule has 3 aliphatic heterocycles. The van der Waals surface area contributed by atoms with Gasteiger partial charge in [-0.25, -0.2) is 8.42 Å². The molecule has 3 heterocycles. The summed E-state index contributed by atoms with van der Waals surface area (Å²) in [6.45, 7) is 5.34. The van der Waals surface area contributed by atoms with Gasteiger partial charge in [-0.05, 0) is 56.1 Å². The van der Waals surface area contributed by atoms with Crippen LogP contribution in [0.3, 0.4) is 0 Å². The van der Waals surface area contributed by atoms with Gasteiger partial charge in [0.1, 0.15) is 13.2 Å². The molecule has 0 radical (unpaired) electrons. The number of carbonyl (C=O) groups is 1. The monoisotopic (exact) mass is 485 g/mol. The molecule has 2 aromatic carbocycles. The van der Waals surface area contributed by atoms with Crippen LogP contribution in [0, 0.1) is 0 Å². The Morgan fingerprint density at radius 2 is 1.65 bits per heavy atom. The van der Waals surface area contributed by atoms with Crippen LogP contribution in [0.15, 0.2) is 53.4 Å². The Morgan fingerprint density at radius 1 is 0.941 bits per heavy atom. The number of sulfonamides is 1. The van der Waals surface area contributed by atoms with Crippen LogP contribution in [0.2, 0.25) is 0 Å². The van der Waals surface area contributed by atoms with Crippen LogP contribution in [0.5, 0.6) is 11.5 Å². The largest absolute Gasteiger partial charge is 0.486 e. The van der Waals surface area contributed by atoms with E-state index in [1.807, 2.05) is 19.1 Å². The Morgan fingerprint density at radius 3 is 2.38 bits per heavy atom. The van der Waals surface area contributed by atoms with Crippen LogP contribution >= 0.6 is 0 Å². The summed E-state index contributed by atoms with van der Waals surface area (Å²) in [5.74, 6) is 1.60. The smallest absolute Gasteiger partial charge is 0.243 e. The maximum Gasteiger partial charge on any atom is 0.243 e. The molecular weight excluding hydrogens is 454 g/mol. The third-order valence-corrected chi connectivity index (χ3v) is 8.94. The zero-order valence-corrected chi connectivity index (χ0v) is 20.2. The van der Waals surface area contributed by atoms with E-state index in [1.54, 1.807) is 35.2 Å². The maximum absolute atomic E-state index is 13.4. The summed E-state index contributed by atoms with van der Waals surface area (Å²) in [5, 5.41) is 0. The van der Waals surface area contributed by atoms with Crippen molar-refractivity contribution in [1.29, 1.82) is 0 Å². The quantitative estimate of drug-likeness (QED) is 0.648. The van der Waals surface area contributed by atoms with Crippen LogP contribution in [0.4, 0.5) is 0 Å². The Balaban J connectivity index is 1.24. The van der Waals surface area contributed by atoms with Crippen LogP contribution in [-0.4, -0.2) is 80.4 Å². The van der Waals surface area contributed by atoms with Gasteiger partial charge in [0.2, 0.25) is 15.9 Å². The SMILES string of the molecule is C[C@H](C(=O)N1CCN(S(=O)(=O)c2ccccc2)CC1)N1CCC[C@@H]1c1ccc2c(c1)OCCO2. The summed E-state index contributed by atoms with van der Waals surface area (Å²) >= 11 is 0. The van der Waals surface area contributed by atoms with Crippen molar-refractivity contribution in [2.24, 2.45) is 0 Å². The van der Waals surface area contributed by atoms with E-state index in [2.05, 4.69) is 11.0 Å². The number of benzene rings is 2. The number of hydrogen-bond acceptors (Lipinski definition) is 6. The van der Waals surface area contributed by atoms with Crippen LogP contribution in [-0.2, 0) is 14.8 Å². The maximum atomic E-state index is 13.4. The second-order valence-electron chi connectivity index (χ2n) is 9.02. The summed E-state index contributed by atoms with van der Waals surface area (Å²) in [7, 11) is -3.54. The fourth-order valence-electron chi connectivity index (χ4n) is 5.17. The molecular formula is C25H31N3O5S. The van der Waals surface area contributed by atoms with Crippen LogP contribution < -0.4 is 9.47 Å². The van der Waals surface area contributed by atoms with Crippen molar-refractivity contribution in [2.45, 2.75) is 36.7 Å². The molecule has 0 N–H and O–H groups in total. The molecule has 0 aromatic heterocycles. The number of piperazine rings is 1. The van der Waals surface area contributed by atoms with Gasteiger partial charge >= 0.3 is 0 Å². The van der Waals surface area contributed by atoms with Gasteiger partial charge < -0.3 is 14.4 Å². The first-order valence-corrected chi connectivity index (χ1v) is 13.4. The Kier molecular flexibility index (Phi) is 6.50. The minimum Gasteiger partial charge on any atom is -0.486 e. The predicted molar refractivity (Wildman–Crippen MR) is 127 cm³/mol. The van der Waals surface area contributed by atoms with Crippen molar-refractivity contribution in [3.63, 3.8) is 0 Å². The molecule has 0 bridgehead atoms. The van der Waals surface area contributed by atoms with Crippen molar-refractivity contribution in [1.82, 2.24) is 14.1 Å². The van der Waals surface area contributed by atoms with E-state index in [-0.39, 0.29) is 18.0 Å². The number of fused-ring (bicyclic) bond motifs is 1. The van der Waals surface area contributed by atoms with E-state index in [0.717, 1.165) is 36.4 Å². The molecule has 5 rings (SSSR count). The van der Waals surface area contributed by atoms with Gasteiger partial charge in [-0.15, -0.1) is 0 Å². The first kappa shape index (κ1) is 23.1. The first-order chi connectivity index (χ1) is 16.4. The third kappa shape index (κ3) is 4.39. The molecule has 1 amide bonds. The number of rotatable bonds is 5. The highest BCUT2D eigenvalue weighted by atomic mass is 32.2. The van der Waals surface area contributed by atoms with E-state index in [4.69, 9.17) is 9.47 Å². The fraction of sp³-hybridized carbons (Fsp3) is 0.480. The zero-order chi connectivity index (χ0) is 23.7. The highest BCUT2D eigenvalue weighted by Crippen LogP contribution is 2.39. The minimum atomic E-state index is -3.54. The van der Waals surface area contributed by atoms with Gasteiger partial charge in [0.15, 0.2) is 11.5 Å². The molecule has 2 atom stereocenters. The van der Waals surface area contributed by atoms with Crippen molar-refractivity contribution >= 4 is 15.9 Å². The number of nitrogens with zero attached hydrogens (tertiary/aromatic N) is 3. The summed E-state index contributed by atoms with van der Waals surface area (Å²) < 4.78 is 38.7. The van der Waals surface area contributed by atoms with Gasteiger partial charge in [-0.3, -0.25) is 9.69 Å². The predicted octanol–water partition coefficient (Wildman–Crippen LogP) is 2.52. The van der Waals surface area contributed by atoms with Gasteiger partial charge in [0, 0.05) is 32.2 Å². The van der Waals surface area contributed by atoms with E-state index < -0.39 is 10.0 Å². The van der Waals surface area contributed by atoms with E-state index in [1.165, 1.54) is 4.31 Å². The summed E-state index contributed by atoms with van der Waals surface area (Å²) in [6, 6.07) is 14.4. The Labute approximate surface area is 201 Å². The topological polar surface area (TPSA) is 79.4 Å². The normalized spacial score (nSPS) is 22.5. The number of amides is 1. The lowest BCUT2D eigenvalue weighted by atomic mass is 10.0. The van der Waals surface area contributed by atoms with Crippen molar-refractivity contribution in [2.75, 3.05) is 45.9 Å². The lowest BCUT2D eigenvalue weighted by Gasteiger charge is -2.38. The van der Waals surface area contributed by atoms with Crippen molar-refractivity contribution in [3.8, 4) is 11.5 Å². The summed E-state index contributed by atoms with van der Waals surface area (Å²) in [4.78, 5) is 17.8. The molecule has 3 aliphatic rings. The fourth-order valence-corrected chi connectivity index (χ4v) is 6.62. The molecule has 34 heavy (non-hydrogen) atoms. The minimum absolute atomic E-state index is 0.0567. The molecule has 2 fully saturated rings. The molecule has 0 aliphatic carbocycles. The van der Waals surface area contributed by atoms with E-state index >= 15 is 0 Å². The Hall–Kier alpha value is -2.62.